The van der Waals surface area contributed by atoms with Crippen molar-refractivity contribution in [1.29, 1.82) is 10.5 Å². The van der Waals surface area contributed by atoms with Crippen molar-refractivity contribution in [3.8, 4) is 12.1 Å². The van der Waals surface area contributed by atoms with Gasteiger partial charge in [-0.1, -0.05) is 48.5 Å². The molecule has 1 aliphatic carbocycles. The third kappa shape index (κ3) is 3.06. The van der Waals surface area contributed by atoms with Crippen LogP contribution in [0.2, 0.25) is 0 Å². The zero-order valence-corrected chi connectivity index (χ0v) is 20.0. The number of fused-ring (bicyclic) bond motifs is 3. The molecule has 35 heavy (non-hydrogen) atoms. The molecule has 1 saturated carbocycles. The van der Waals surface area contributed by atoms with Gasteiger partial charge in [0.2, 0.25) is 5.91 Å². The second-order valence-electron chi connectivity index (χ2n) is 9.21. The van der Waals surface area contributed by atoms with Crippen molar-refractivity contribution in [3.63, 3.8) is 0 Å². The van der Waals surface area contributed by atoms with Gasteiger partial charge < -0.3 is 15.1 Å². The Morgan fingerprint density at radius 3 is 2.20 bits per heavy atom. The van der Waals surface area contributed by atoms with E-state index in [2.05, 4.69) is 12.1 Å². The second kappa shape index (κ2) is 8.25. The SMILES string of the molecule is CN(C)C(=O)[C@H]1[C@@H](O)C2(O)c3ccc(C#N)cc3S[C@@]2(c2ccc(C#N)cc2)[C@@H]1c1ccccc1. The molecule has 1 fully saturated rings. The molecule has 5 rings (SSSR count). The number of benzene rings is 3. The molecule has 2 aliphatic rings. The number of hydrogen-bond acceptors (Lipinski definition) is 6. The predicted octanol–water partition coefficient (Wildman–Crippen LogP) is 3.48. The highest BCUT2D eigenvalue weighted by Crippen LogP contribution is 2.74. The number of hydrogen-bond donors (Lipinski definition) is 2. The summed E-state index contributed by atoms with van der Waals surface area (Å²) >= 11 is 1.37. The molecule has 1 aliphatic heterocycles. The van der Waals surface area contributed by atoms with Gasteiger partial charge in [0.1, 0.15) is 11.7 Å². The highest BCUT2D eigenvalue weighted by molar-refractivity contribution is 8.00. The number of carbonyl (C=O) groups is 1. The van der Waals surface area contributed by atoms with Gasteiger partial charge >= 0.3 is 0 Å². The summed E-state index contributed by atoms with van der Waals surface area (Å²) in [6.45, 7) is 0. The van der Waals surface area contributed by atoms with E-state index in [1.165, 1.54) is 16.7 Å². The van der Waals surface area contributed by atoms with Crippen molar-refractivity contribution >= 4 is 17.7 Å². The Morgan fingerprint density at radius 2 is 1.60 bits per heavy atom. The van der Waals surface area contributed by atoms with E-state index in [1.807, 2.05) is 30.3 Å². The molecule has 1 unspecified atom stereocenters. The van der Waals surface area contributed by atoms with E-state index in [0.717, 1.165) is 5.56 Å². The molecule has 7 heteroatoms. The molecule has 2 N–H and O–H groups in total. The summed E-state index contributed by atoms with van der Waals surface area (Å²) in [6.07, 6.45) is -1.42. The Hall–Kier alpha value is -3.62. The summed E-state index contributed by atoms with van der Waals surface area (Å²) in [5.74, 6) is -1.81. The van der Waals surface area contributed by atoms with Gasteiger partial charge in [-0.05, 0) is 35.4 Å². The minimum Gasteiger partial charge on any atom is -0.389 e. The first-order chi connectivity index (χ1) is 16.8. The zero-order valence-electron chi connectivity index (χ0n) is 19.2. The van der Waals surface area contributed by atoms with Gasteiger partial charge in [0.25, 0.3) is 0 Å². The molecule has 6 nitrogen and oxygen atoms in total. The smallest absolute Gasteiger partial charge is 0.228 e. The lowest BCUT2D eigenvalue weighted by molar-refractivity contribution is -0.142. The zero-order chi connectivity index (χ0) is 25.0. The molecule has 1 amide bonds. The summed E-state index contributed by atoms with van der Waals surface area (Å²) in [4.78, 5) is 15.7. The highest BCUT2D eigenvalue weighted by Gasteiger charge is 2.75. The van der Waals surface area contributed by atoms with Crippen LogP contribution in [0, 0.1) is 28.6 Å². The number of nitrogens with zero attached hydrogens (tertiary/aromatic N) is 3. The molecule has 3 aromatic carbocycles. The number of amides is 1. The number of aliphatic hydroxyl groups is 2. The van der Waals surface area contributed by atoms with Crippen LogP contribution in [-0.4, -0.2) is 41.2 Å². The summed E-state index contributed by atoms with van der Waals surface area (Å²) in [5, 5.41) is 43.3. The molecule has 0 radical (unpaired) electrons. The maximum absolute atomic E-state index is 13.6. The molecule has 174 valence electrons. The Balaban J connectivity index is 1.86. The summed E-state index contributed by atoms with van der Waals surface area (Å²) < 4.78 is -1.19. The molecule has 3 aromatic rings. The molecule has 0 spiro atoms. The van der Waals surface area contributed by atoms with Crippen LogP contribution in [-0.2, 0) is 15.1 Å². The van der Waals surface area contributed by atoms with Gasteiger partial charge in [-0.3, -0.25) is 4.79 Å². The van der Waals surface area contributed by atoms with E-state index >= 15 is 0 Å². The lowest BCUT2D eigenvalue weighted by Crippen LogP contribution is -2.48. The molecule has 5 atom stereocenters. The van der Waals surface area contributed by atoms with Gasteiger partial charge in [0, 0.05) is 30.5 Å². The quantitative estimate of drug-likeness (QED) is 0.593. The molecule has 0 saturated heterocycles. The fourth-order valence-corrected chi connectivity index (χ4v) is 7.66. The van der Waals surface area contributed by atoms with E-state index in [-0.39, 0.29) is 5.91 Å². The number of carbonyl (C=O) groups excluding carboxylic acids is 1. The number of thioether (sulfide) groups is 1. The summed E-state index contributed by atoms with van der Waals surface area (Å²) in [6, 6.07) is 25.7. The fraction of sp³-hybridized carbons (Fsp3) is 0.250. The van der Waals surface area contributed by atoms with E-state index in [0.29, 0.717) is 27.1 Å². The standard InChI is InChI=1S/C28H23N3O3S/c1-31(2)26(33)23-24(19-6-4-3-5-7-19)28(20-11-8-17(15-29)9-12-20)27(34,25(23)32)21-13-10-18(16-30)14-22(21)35-28/h3-14,23-25,32,34H,1-2H3/t23-,24-,25-,27?,28+/m1/s1. The van der Waals surface area contributed by atoms with Crippen molar-refractivity contribution in [2.24, 2.45) is 5.92 Å². The largest absolute Gasteiger partial charge is 0.389 e. The van der Waals surface area contributed by atoms with Crippen LogP contribution in [0.3, 0.4) is 0 Å². The molecule has 0 aromatic heterocycles. The maximum atomic E-state index is 13.6. The van der Waals surface area contributed by atoms with Crippen LogP contribution in [0.25, 0.3) is 0 Å². The average molecular weight is 482 g/mol. The summed E-state index contributed by atoms with van der Waals surface area (Å²) in [5.41, 5.74) is 1.09. The van der Waals surface area contributed by atoms with Crippen LogP contribution in [0.15, 0.2) is 77.7 Å². The second-order valence-corrected chi connectivity index (χ2v) is 10.5. The van der Waals surface area contributed by atoms with E-state index in [9.17, 15) is 25.5 Å². The first-order valence-electron chi connectivity index (χ1n) is 11.2. The normalized spacial score (nSPS) is 28.5. The van der Waals surface area contributed by atoms with Crippen LogP contribution in [0.5, 0.6) is 0 Å². The Morgan fingerprint density at radius 1 is 0.971 bits per heavy atom. The van der Waals surface area contributed by atoms with E-state index in [1.54, 1.807) is 56.6 Å². The van der Waals surface area contributed by atoms with E-state index in [4.69, 9.17) is 0 Å². The minimum atomic E-state index is -1.83. The third-order valence-electron chi connectivity index (χ3n) is 7.25. The molecule has 1 heterocycles. The lowest BCUT2D eigenvalue weighted by atomic mass is 9.72. The van der Waals surface area contributed by atoms with Gasteiger partial charge in [-0.15, -0.1) is 11.8 Å². The van der Waals surface area contributed by atoms with Gasteiger partial charge in [0.15, 0.2) is 0 Å². The first kappa shape index (κ1) is 23.1. The topological polar surface area (TPSA) is 108 Å². The molecular weight excluding hydrogens is 458 g/mol. The number of aliphatic hydroxyl groups excluding tert-OH is 1. The van der Waals surface area contributed by atoms with Crippen LogP contribution < -0.4 is 0 Å². The predicted molar refractivity (Wildman–Crippen MR) is 131 cm³/mol. The number of rotatable bonds is 3. The van der Waals surface area contributed by atoms with Crippen molar-refractivity contribution in [1.82, 2.24) is 4.90 Å². The van der Waals surface area contributed by atoms with Crippen LogP contribution in [0.4, 0.5) is 0 Å². The Bertz CT molecular complexity index is 1390. The fourth-order valence-electron chi connectivity index (χ4n) is 5.75. The van der Waals surface area contributed by atoms with Gasteiger partial charge in [0.05, 0.1) is 33.9 Å². The minimum absolute atomic E-state index is 0.280. The van der Waals surface area contributed by atoms with Crippen LogP contribution in [0.1, 0.15) is 33.7 Å². The first-order valence-corrected chi connectivity index (χ1v) is 12.0. The Kier molecular flexibility index (Phi) is 5.45. The van der Waals surface area contributed by atoms with Gasteiger partial charge in [-0.25, -0.2) is 0 Å². The van der Waals surface area contributed by atoms with Crippen molar-refractivity contribution in [3.05, 3.63) is 101 Å². The summed E-state index contributed by atoms with van der Waals surface area (Å²) in [7, 11) is 3.29. The molecule has 0 bridgehead atoms. The van der Waals surface area contributed by atoms with E-state index < -0.39 is 28.3 Å². The van der Waals surface area contributed by atoms with Gasteiger partial charge in [-0.2, -0.15) is 10.5 Å². The average Bonchev–Trinajstić information content (AvgIpc) is 3.26. The third-order valence-corrected chi connectivity index (χ3v) is 8.93. The van der Waals surface area contributed by atoms with Crippen LogP contribution >= 0.6 is 11.8 Å². The lowest BCUT2D eigenvalue weighted by Gasteiger charge is -2.41. The Labute approximate surface area is 208 Å². The molecular formula is C28H23N3O3S. The monoisotopic (exact) mass is 481 g/mol. The number of nitriles is 2. The highest BCUT2D eigenvalue weighted by atomic mass is 32.2. The van der Waals surface area contributed by atoms with Crippen molar-refractivity contribution < 1.29 is 15.0 Å². The van der Waals surface area contributed by atoms with Crippen molar-refractivity contribution in [2.45, 2.75) is 27.3 Å². The maximum Gasteiger partial charge on any atom is 0.228 e. The van der Waals surface area contributed by atoms with Crippen molar-refractivity contribution in [2.75, 3.05) is 14.1 Å².